The Morgan fingerprint density at radius 1 is 0.862 bits per heavy atom. The minimum atomic E-state index is -4.14. The number of nitrogens with one attached hydrogen (secondary N) is 1. The predicted octanol–water partition coefficient (Wildman–Crippen LogP) is 5.56. The van der Waals surface area contributed by atoms with Gasteiger partial charge in [0.05, 0.1) is 21.1 Å². The summed E-state index contributed by atoms with van der Waals surface area (Å²) >= 11 is 6.19. The zero-order chi connectivity index (χ0) is 20.4. The molecule has 0 aliphatic heterocycles. The molecule has 4 rings (SSSR count). The van der Waals surface area contributed by atoms with Gasteiger partial charge < -0.3 is 15.0 Å². The van der Waals surface area contributed by atoms with Crippen molar-refractivity contribution in [3.63, 3.8) is 0 Å². The maximum Gasteiger partial charge on any atom is 0.202 e. The lowest BCUT2D eigenvalue weighted by atomic mass is 10.3. The normalized spacial score (nSPS) is 11.4. The number of aromatic nitrogens is 2. The Kier molecular flexibility index (Phi) is 5.04. The molecular weight excluding hydrogens is 415 g/mol. The van der Waals surface area contributed by atoms with Gasteiger partial charge in [0, 0.05) is 0 Å². The minimum Gasteiger partial charge on any atom is -0.431 e. The molecule has 1 aromatic heterocycles. The van der Waals surface area contributed by atoms with E-state index in [4.69, 9.17) is 11.6 Å². The number of hydrogen-bond acceptors (Lipinski definition) is 5. The van der Waals surface area contributed by atoms with Crippen LogP contribution >= 0.6 is 11.6 Å². The molecule has 0 amide bonds. The van der Waals surface area contributed by atoms with Gasteiger partial charge in [-0.25, -0.2) is 17.8 Å². The van der Waals surface area contributed by atoms with Gasteiger partial charge in [-0.05, 0) is 53.8 Å². The predicted molar refractivity (Wildman–Crippen MR) is 111 cm³/mol. The largest absolute Gasteiger partial charge is 0.431 e. The van der Waals surface area contributed by atoms with E-state index in [1.165, 1.54) is 0 Å². The summed E-state index contributed by atoms with van der Waals surface area (Å²) in [6.45, 7) is 0. The van der Waals surface area contributed by atoms with Crippen molar-refractivity contribution in [3.8, 4) is 0 Å². The molecule has 29 heavy (non-hydrogen) atoms. The van der Waals surface area contributed by atoms with Crippen molar-refractivity contribution >= 4 is 50.0 Å². The fraction of sp³-hybridized carbons (Fsp3) is 0. The number of anilines is 2. The molecule has 0 unspecified atom stereocenters. The first-order valence-electron chi connectivity index (χ1n) is 8.44. The summed E-state index contributed by atoms with van der Waals surface area (Å²) in [7, 11) is -4.14. The standard InChI is InChI=1S/C20H13ClFN4O2S/c21-15-5-1-2-6-16(15)23-19-20(25-18-8-4-3-7-17(18)24-19)26-29(27,28)14-11-9-13(22)10-12-14/h1-12H,(H-,23,24,25,26)/q-1. The van der Waals surface area contributed by atoms with E-state index in [0.29, 0.717) is 21.7 Å². The Morgan fingerprint density at radius 3 is 2.17 bits per heavy atom. The zero-order valence-corrected chi connectivity index (χ0v) is 16.3. The van der Waals surface area contributed by atoms with Crippen molar-refractivity contribution in [2.24, 2.45) is 0 Å². The van der Waals surface area contributed by atoms with E-state index in [-0.39, 0.29) is 16.5 Å². The number of sulfonamides is 1. The van der Waals surface area contributed by atoms with E-state index < -0.39 is 15.8 Å². The molecule has 1 heterocycles. The van der Waals surface area contributed by atoms with Crippen molar-refractivity contribution in [2.45, 2.75) is 4.90 Å². The lowest BCUT2D eigenvalue weighted by molar-refractivity contribution is 0.601. The van der Waals surface area contributed by atoms with Crippen LogP contribution < -0.4 is 5.32 Å². The van der Waals surface area contributed by atoms with Gasteiger partial charge in [-0.1, -0.05) is 41.9 Å². The highest BCUT2D eigenvalue weighted by molar-refractivity contribution is 7.94. The number of fused-ring (bicyclic) bond motifs is 1. The molecule has 6 nitrogen and oxygen atoms in total. The van der Waals surface area contributed by atoms with E-state index >= 15 is 0 Å². The SMILES string of the molecule is O=S(=O)([N-]c1nc2ccccc2nc1Nc1ccccc1Cl)c1ccc(F)cc1. The van der Waals surface area contributed by atoms with Crippen LogP contribution in [0.3, 0.4) is 0 Å². The molecule has 0 saturated carbocycles. The molecule has 4 aromatic rings. The third-order valence-corrected chi connectivity index (χ3v) is 5.61. The molecule has 0 atom stereocenters. The van der Waals surface area contributed by atoms with Crippen LogP contribution in [-0.2, 0) is 10.0 Å². The quantitative estimate of drug-likeness (QED) is 0.450. The Labute approximate surface area is 171 Å². The Bertz CT molecular complexity index is 1300. The highest BCUT2D eigenvalue weighted by Crippen LogP contribution is 2.35. The van der Waals surface area contributed by atoms with Gasteiger partial charge in [-0.2, -0.15) is 0 Å². The molecule has 0 aliphatic carbocycles. The molecule has 0 aliphatic rings. The Balaban J connectivity index is 1.79. The lowest BCUT2D eigenvalue weighted by Gasteiger charge is -2.21. The van der Waals surface area contributed by atoms with Gasteiger partial charge in [0.2, 0.25) is 10.0 Å². The second-order valence-corrected chi connectivity index (χ2v) is 8.02. The zero-order valence-electron chi connectivity index (χ0n) is 14.8. The van der Waals surface area contributed by atoms with Gasteiger partial charge in [0.1, 0.15) is 11.6 Å². The summed E-state index contributed by atoms with van der Waals surface area (Å²) < 4.78 is 42.4. The molecule has 0 fully saturated rings. The number of hydrogen-bond donors (Lipinski definition) is 1. The first-order valence-corrected chi connectivity index (χ1v) is 10.3. The van der Waals surface area contributed by atoms with Gasteiger partial charge in [-0.3, -0.25) is 0 Å². The Morgan fingerprint density at radius 2 is 1.48 bits per heavy atom. The lowest BCUT2D eigenvalue weighted by Crippen LogP contribution is -2.03. The van der Waals surface area contributed by atoms with Crippen molar-refractivity contribution in [1.29, 1.82) is 0 Å². The number of para-hydroxylation sites is 3. The third kappa shape index (κ3) is 4.13. The minimum absolute atomic E-state index is 0.127. The third-order valence-electron chi connectivity index (χ3n) is 4.00. The summed E-state index contributed by atoms with van der Waals surface area (Å²) in [5, 5.41) is 3.42. The molecule has 9 heteroatoms. The van der Waals surface area contributed by atoms with E-state index in [9.17, 15) is 12.8 Å². The second-order valence-electron chi connectivity index (χ2n) is 6.01. The van der Waals surface area contributed by atoms with Crippen molar-refractivity contribution < 1.29 is 12.8 Å². The first-order chi connectivity index (χ1) is 13.9. The molecule has 0 saturated heterocycles. The van der Waals surface area contributed by atoms with Crippen molar-refractivity contribution in [1.82, 2.24) is 9.97 Å². The van der Waals surface area contributed by atoms with Crippen LogP contribution in [0.5, 0.6) is 0 Å². The topological polar surface area (TPSA) is 86.1 Å². The van der Waals surface area contributed by atoms with Crippen LogP contribution in [-0.4, -0.2) is 18.4 Å². The van der Waals surface area contributed by atoms with Gasteiger partial charge >= 0.3 is 0 Å². The van der Waals surface area contributed by atoms with Gasteiger partial charge in [-0.15, -0.1) is 0 Å². The summed E-state index contributed by atoms with van der Waals surface area (Å²) in [6.07, 6.45) is 0. The van der Waals surface area contributed by atoms with Crippen LogP contribution in [0.4, 0.5) is 21.7 Å². The highest BCUT2D eigenvalue weighted by Gasteiger charge is 2.13. The fourth-order valence-corrected chi connectivity index (χ4v) is 3.72. The van der Waals surface area contributed by atoms with Gasteiger partial charge in [0.15, 0.2) is 0 Å². The molecule has 0 bridgehead atoms. The van der Waals surface area contributed by atoms with Crippen LogP contribution in [0, 0.1) is 5.82 Å². The maximum atomic E-state index is 13.2. The van der Waals surface area contributed by atoms with Crippen molar-refractivity contribution in [3.05, 3.63) is 88.4 Å². The molecule has 146 valence electrons. The number of benzene rings is 3. The van der Waals surface area contributed by atoms with Crippen LogP contribution in [0.25, 0.3) is 15.8 Å². The number of rotatable bonds is 5. The van der Waals surface area contributed by atoms with E-state index in [0.717, 1.165) is 24.3 Å². The smallest absolute Gasteiger partial charge is 0.202 e. The van der Waals surface area contributed by atoms with Crippen LogP contribution in [0.15, 0.2) is 77.7 Å². The molecule has 3 aromatic carbocycles. The average molecular weight is 428 g/mol. The fourth-order valence-electron chi connectivity index (χ4n) is 2.60. The number of halogens is 2. The van der Waals surface area contributed by atoms with E-state index in [1.54, 1.807) is 48.5 Å². The highest BCUT2D eigenvalue weighted by atomic mass is 35.5. The number of nitrogens with zero attached hydrogens (tertiary/aromatic N) is 3. The summed E-state index contributed by atoms with van der Waals surface area (Å²) in [5.74, 6) is -0.550. The average Bonchev–Trinajstić information content (AvgIpc) is 2.70. The second kappa shape index (κ2) is 7.65. The maximum absolute atomic E-state index is 13.2. The summed E-state index contributed by atoms with van der Waals surface area (Å²) in [4.78, 5) is 8.64. The van der Waals surface area contributed by atoms with E-state index in [1.807, 2.05) is 0 Å². The molecule has 0 radical (unpaired) electrons. The molecular formula is C20H13ClFN4O2S-. The van der Waals surface area contributed by atoms with Gasteiger partial charge in [0.25, 0.3) is 0 Å². The first kappa shape index (κ1) is 19.1. The van der Waals surface area contributed by atoms with Crippen molar-refractivity contribution in [2.75, 3.05) is 5.32 Å². The van der Waals surface area contributed by atoms with Crippen LogP contribution in [0.2, 0.25) is 5.02 Å². The molecule has 1 N–H and O–H groups in total. The van der Waals surface area contributed by atoms with E-state index in [2.05, 4.69) is 20.0 Å². The summed E-state index contributed by atoms with van der Waals surface area (Å²) in [5.41, 5.74) is 1.56. The molecule has 0 spiro atoms. The monoisotopic (exact) mass is 427 g/mol. The van der Waals surface area contributed by atoms with Crippen LogP contribution in [0.1, 0.15) is 0 Å². The Hall–Kier alpha value is -3.23. The summed E-state index contributed by atoms with van der Waals surface area (Å²) in [6, 6.07) is 18.3.